The molecular weight excluding hydrogens is 320 g/mol. The predicted molar refractivity (Wildman–Crippen MR) is 91.7 cm³/mol. The molecule has 7 heteroatoms. The van der Waals surface area contributed by atoms with Gasteiger partial charge in [-0.1, -0.05) is 44.2 Å². The fourth-order valence-corrected chi connectivity index (χ4v) is 2.72. The van der Waals surface area contributed by atoms with Crippen molar-refractivity contribution in [1.29, 1.82) is 5.26 Å². The molecule has 2 rings (SSSR count). The molecule has 1 aliphatic rings. The minimum Gasteiger partial charge on any atom is -0.445 e. The number of hydrogen-bond donors (Lipinski definition) is 1. The maximum Gasteiger partial charge on any atom is 0.408 e. The number of nitrogens with one attached hydrogen (secondary N) is 1. The summed E-state index contributed by atoms with van der Waals surface area (Å²) in [5, 5.41) is 14.5. The Balaban J connectivity index is 1.95. The van der Waals surface area contributed by atoms with Crippen molar-refractivity contribution >= 4 is 12.0 Å². The lowest BCUT2D eigenvalue weighted by Crippen LogP contribution is -2.51. The first-order valence-electron chi connectivity index (χ1n) is 8.47. The van der Waals surface area contributed by atoms with Crippen molar-refractivity contribution in [3.05, 3.63) is 35.9 Å². The van der Waals surface area contributed by atoms with Crippen LogP contribution in [0.5, 0.6) is 0 Å². The summed E-state index contributed by atoms with van der Waals surface area (Å²) >= 11 is 0. The SMILES string of the molecule is CC(C)CC(NC(=O)OCc1ccccc1)C(=O)N1CCCN1C#N. The van der Waals surface area contributed by atoms with Gasteiger partial charge in [0.2, 0.25) is 0 Å². The van der Waals surface area contributed by atoms with Crippen LogP contribution in [-0.2, 0) is 16.1 Å². The third-order valence-corrected chi connectivity index (χ3v) is 3.91. The van der Waals surface area contributed by atoms with Gasteiger partial charge in [0, 0.05) is 6.54 Å². The smallest absolute Gasteiger partial charge is 0.408 e. The van der Waals surface area contributed by atoms with Crippen LogP contribution in [0.25, 0.3) is 0 Å². The lowest BCUT2D eigenvalue weighted by atomic mass is 10.0. The molecule has 25 heavy (non-hydrogen) atoms. The zero-order chi connectivity index (χ0) is 18.2. The molecule has 0 aliphatic carbocycles. The number of amides is 2. The third-order valence-electron chi connectivity index (χ3n) is 3.91. The number of carbonyl (C=O) groups is 2. The first-order chi connectivity index (χ1) is 12.0. The van der Waals surface area contributed by atoms with Crippen LogP contribution < -0.4 is 5.32 Å². The number of nitrogens with zero attached hydrogens (tertiary/aromatic N) is 3. The molecule has 2 amide bonds. The topological polar surface area (TPSA) is 85.7 Å². The molecule has 1 saturated heterocycles. The molecule has 1 heterocycles. The first kappa shape index (κ1) is 18.6. The highest BCUT2D eigenvalue weighted by Crippen LogP contribution is 2.15. The summed E-state index contributed by atoms with van der Waals surface area (Å²) in [7, 11) is 0. The maximum atomic E-state index is 12.7. The van der Waals surface area contributed by atoms with Gasteiger partial charge in [-0.2, -0.15) is 5.26 Å². The molecule has 1 aromatic carbocycles. The Kier molecular flexibility index (Phi) is 6.63. The summed E-state index contributed by atoms with van der Waals surface area (Å²) in [5.41, 5.74) is 0.875. The monoisotopic (exact) mass is 344 g/mol. The summed E-state index contributed by atoms with van der Waals surface area (Å²) in [6.45, 7) is 5.10. The number of alkyl carbamates (subject to hydrolysis) is 1. The van der Waals surface area contributed by atoms with Gasteiger partial charge in [0.25, 0.3) is 5.91 Å². The van der Waals surface area contributed by atoms with E-state index in [1.807, 2.05) is 50.4 Å². The van der Waals surface area contributed by atoms with Gasteiger partial charge in [0.05, 0.1) is 6.54 Å². The lowest BCUT2D eigenvalue weighted by molar-refractivity contribution is -0.142. The number of benzene rings is 1. The van der Waals surface area contributed by atoms with Gasteiger partial charge in [-0.15, -0.1) is 0 Å². The van der Waals surface area contributed by atoms with Crippen LogP contribution >= 0.6 is 0 Å². The molecule has 1 aliphatic heterocycles. The molecular formula is C18H24N4O3. The number of carbonyl (C=O) groups excluding carboxylic acids is 2. The second-order valence-electron chi connectivity index (χ2n) is 6.43. The standard InChI is InChI=1S/C18H24N4O3/c1-14(2)11-16(17(23)22-10-6-9-21(22)13-19)20-18(24)25-12-15-7-4-3-5-8-15/h3-5,7-8,14,16H,6,9-12H2,1-2H3,(H,20,24). The number of rotatable bonds is 6. The Morgan fingerprint density at radius 3 is 2.64 bits per heavy atom. The highest BCUT2D eigenvalue weighted by atomic mass is 16.5. The number of ether oxygens (including phenoxy) is 1. The molecule has 7 nitrogen and oxygen atoms in total. The zero-order valence-corrected chi connectivity index (χ0v) is 14.6. The van der Waals surface area contributed by atoms with Crippen molar-refractivity contribution in [2.24, 2.45) is 5.92 Å². The molecule has 1 aromatic rings. The van der Waals surface area contributed by atoms with Crippen molar-refractivity contribution in [3.8, 4) is 6.19 Å². The van der Waals surface area contributed by atoms with Gasteiger partial charge >= 0.3 is 6.09 Å². The summed E-state index contributed by atoms with van der Waals surface area (Å²) in [5.74, 6) is -0.0640. The fourth-order valence-electron chi connectivity index (χ4n) is 2.72. The van der Waals surface area contributed by atoms with Crippen molar-refractivity contribution in [2.45, 2.75) is 39.3 Å². The molecule has 0 spiro atoms. The summed E-state index contributed by atoms with van der Waals surface area (Å²) in [4.78, 5) is 24.8. The molecule has 0 radical (unpaired) electrons. The van der Waals surface area contributed by atoms with E-state index in [2.05, 4.69) is 5.32 Å². The molecule has 0 aromatic heterocycles. The Bertz CT molecular complexity index is 627. The normalized spacial score (nSPS) is 15.0. The largest absolute Gasteiger partial charge is 0.445 e. The van der Waals surface area contributed by atoms with Crippen molar-refractivity contribution < 1.29 is 14.3 Å². The first-order valence-corrected chi connectivity index (χ1v) is 8.47. The molecule has 1 unspecified atom stereocenters. The van der Waals surface area contributed by atoms with Crippen molar-refractivity contribution in [3.63, 3.8) is 0 Å². The van der Waals surface area contributed by atoms with E-state index in [0.717, 1.165) is 12.0 Å². The van der Waals surface area contributed by atoms with Crippen LogP contribution in [0.3, 0.4) is 0 Å². The van der Waals surface area contributed by atoms with Crippen molar-refractivity contribution in [1.82, 2.24) is 15.3 Å². The van der Waals surface area contributed by atoms with Gasteiger partial charge in [-0.05, 0) is 24.3 Å². The van der Waals surface area contributed by atoms with E-state index in [1.165, 1.54) is 10.0 Å². The second kappa shape index (κ2) is 8.92. The van der Waals surface area contributed by atoms with Crippen LogP contribution in [0, 0.1) is 17.4 Å². The van der Waals surface area contributed by atoms with Gasteiger partial charge in [0.15, 0.2) is 6.19 Å². The Morgan fingerprint density at radius 2 is 2.00 bits per heavy atom. The number of hydrazine groups is 1. The molecule has 0 saturated carbocycles. The van der Waals surface area contributed by atoms with E-state index in [4.69, 9.17) is 10.00 Å². The lowest BCUT2D eigenvalue weighted by Gasteiger charge is -2.28. The summed E-state index contributed by atoms with van der Waals surface area (Å²) in [6.07, 6.45) is 2.59. The highest BCUT2D eigenvalue weighted by molar-refractivity contribution is 5.85. The van der Waals surface area contributed by atoms with Crippen LogP contribution in [0.1, 0.15) is 32.3 Å². The number of nitriles is 1. The Morgan fingerprint density at radius 1 is 1.28 bits per heavy atom. The highest BCUT2D eigenvalue weighted by Gasteiger charge is 2.33. The van der Waals surface area contributed by atoms with E-state index >= 15 is 0 Å². The number of hydrogen-bond acceptors (Lipinski definition) is 5. The average molecular weight is 344 g/mol. The van der Waals surface area contributed by atoms with Gasteiger partial charge in [-0.25, -0.2) is 14.8 Å². The molecule has 134 valence electrons. The van der Waals surface area contributed by atoms with Crippen LogP contribution in [0.15, 0.2) is 30.3 Å². The minimum atomic E-state index is -0.711. The van der Waals surface area contributed by atoms with Gasteiger partial charge in [0.1, 0.15) is 12.6 Å². The van der Waals surface area contributed by atoms with Crippen molar-refractivity contribution in [2.75, 3.05) is 13.1 Å². The van der Waals surface area contributed by atoms with Crippen LogP contribution in [0.4, 0.5) is 4.79 Å². The molecule has 1 atom stereocenters. The van der Waals surface area contributed by atoms with Gasteiger partial charge in [-0.3, -0.25) is 4.79 Å². The molecule has 0 bridgehead atoms. The minimum absolute atomic E-state index is 0.142. The van der Waals surface area contributed by atoms with E-state index in [-0.39, 0.29) is 18.4 Å². The molecule has 1 fully saturated rings. The Hall–Kier alpha value is -2.75. The third kappa shape index (κ3) is 5.38. The maximum absolute atomic E-state index is 12.7. The summed E-state index contributed by atoms with van der Waals surface area (Å²) in [6, 6.07) is 8.63. The average Bonchev–Trinajstić information content (AvgIpc) is 3.08. The quantitative estimate of drug-likeness (QED) is 0.800. The zero-order valence-electron chi connectivity index (χ0n) is 14.6. The van der Waals surface area contributed by atoms with E-state index in [9.17, 15) is 9.59 Å². The predicted octanol–water partition coefficient (Wildman–Crippen LogP) is 2.26. The van der Waals surface area contributed by atoms with E-state index < -0.39 is 12.1 Å². The van der Waals surface area contributed by atoms with Crippen LogP contribution in [-0.4, -0.2) is 41.1 Å². The Labute approximate surface area is 148 Å². The second-order valence-corrected chi connectivity index (χ2v) is 6.43. The van der Waals surface area contributed by atoms with E-state index in [1.54, 1.807) is 0 Å². The van der Waals surface area contributed by atoms with Crippen LogP contribution in [0.2, 0.25) is 0 Å². The molecule has 1 N–H and O–H groups in total. The van der Waals surface area contributed by atoms with Gasteiger partial charge < -0.3 is 10.1 Å². The van der Waals surface area contributed by atoms with E-state index in [0.29, 0.717) is 19.5 Å². The summed E-state index contributed by atoms with van der Waals surface area (Å²) < 4.78 is 5.21. The fraction of sp³-hybridized carbons (Fsp3) is 0.500.